The first-order valence-electron chi connectivity index (χ1n) is 8.90. The molecule has 7 nitrogen and oxygen atoms in total. The third-order valence-corrected chi connectivity index (χ3v) is 4.76. The van der Waals surface area contributed by atoms with Crippen molar-refractivity contribution in [2.45, 2.75) is 44.8 Å². The maximum Gasteiger partial charge on any atom is 0.318 e. The van der Waals surface area contributed by atoms with Crippen LogP contribution in [0, 0.1) is 0 Å². The average molecular weight is 335 g/mol. The van der Waals surface area contributed by atoms with Crippen molar-refractivity contribution in [1.29, 1.82) is 0 Å². The number of carbonyl (C=O) groups excluding carboxylic acids is 1. The lowest BCUT2D eigenvalue weighted by Crippen LogP contribution is -2.57. The highest BCUT2D eigenvalue weighted by Crippen LogP contribution is 2.20. The Morgan fingerprint density at radius 1 is 1.33 bits per heavy atom. The van der Waals surface area contributed by atoms with Crippen LogP contribution in [-0.2, 0) is 11.3 Å². The number of nitrogens with zero attached hydrogens (tertiary/aromatic N) is 4. The predicted molar refractivity (Wildman–Crippen MR) is 91.8 cm³/mol. The van der Waals surface area contributed by atoms with Gasteiger partial charge in [0.05, 0.1) is 25.8 Å². The van der Waals surface area contributed by atoms with Crippen LogP contribution in [0.3, 0.4) is 0 Å². The number of carbonyl (C=O) groups is 1. The van der Waals surface area contributed by atoms with Crippen LogP contribution in [0.25, 0.3) is 0 Å². The molecule has 2 fully saturated rings. The molecule has 7 heteroatoms. The van der Waals surface area contributed by atoms with E-state index in [0.717, 1.165) is 58.8 Å². The molecule has 24 heavy (non-hydrogen) atoms. The largest absolute Gasteiger partial charge is 0.379 e. The Bertz CT molecular complexity index is 525. The third-order valence-electron chi connectivity index (χ3n) is 4.76. The van der Waals surface area contributed by atoms with Crippen molar-refractivity contribution in [2.24, 2.45) is 0 Å². The molecule has 134 valence electrons. The van der Waals surface area contributed by atoms with Gasteiger partial charge in [0, 0.05) is 44.1 Å². The minimum atomic E-state index is -0.257. The molecule has 1 atom stereocenters. The maximum atomic E-state index is 12.8. The molecule has 1 aromatic rings. The van der Waals surface area contributed by atoms with Crippen molar-refractivity contribution in [3.8, 4) is 0 Å². The van der Waals surface area contributed by atoms with E-state index in [1.165, 1.54) is 0 Å². The van der Waals surface area contributed by atoms with Gasteiger partial charge in [0.15, 0.2) is 0 Å². The van der Waals surface area contributed by atoms with Crippen molar-refractivity contribution in [3.05, 3.63) is 18.5 Å². The Morgan fingerprint density at radius 3 is 2.83 bits per heavy atom. The van der Waals surface area contributed by atoms with E-state index in [-0.39, 0.29) is 17.6 Å². The fourth-order valence-electron chi connectivity index (χ4n) is 3.64. The zero-order chi connectivity index (χ0) is 17.0. The van der Waals surface area contributed by atoms with Crippen molar-refractivity contribution < 1.29 is 9.53 Å². The van der Waals surface area contributed by atoms with E-state index in [1.54, 1.807) is 6.20 Å². The second-order valence-corrected chi connectivity index (χ2v) is 7.42. The molecule has 0 unspecified atom stereocenters. The Balaban J connectivity index is 1.54. The molecule has 1 aromatic heterocycles. The van der Waals surface area contributed by atoms with E-state index in [0.29, 0.717) is 0 Å². The molecule has 2 aliphatic rings. The van der Waals surface area contributed by atoms with Crippen molar-refractivity contribution >= 4 is 6.03 Å². The third kappa shape index (κ3) is 4.48. The molecule has 2 aliphatic heterocycles. The lowest BCUT2D eigenvalue weighted by atomic mass is 10.0. The first-order valence-corrected chi connectivity index (χ1v) is 8.90. The molecular formula is C17H29N5O2. The first-order chi connectivity index (χ1) is 11.5. The maximum absolute atomic E-state index is 12.8. The number of amides is 2. The monoisotopic (exact) mass is 335 g/mol. The molecule has 0 aliphatic carbocycles. The molecule has 3 heterocycles. The summed E-state index contributed by atoms with van der Waals surface area (Å²) in [6.45, 7) is 10.1. The van der Waals surface area contributed by atoms with Crippen LogP contribution in [0.5, 0.6) is 0 Å². The van der Waals surface area contributed by atoms with Crippen LogP contribution < -0.4 is 5.32 Å². The highest BCUT2D eigenvalue weighted by atomic mass is 16.5. The fraction of sp³-hybridized carbons (Fsp3) is 0.765. The quantitative estimate of drug-likeness (QED) is 0.877. The van der Waals surface area contributed by atoms with Gasteiger partial charge in [-0.3, -0.25) is 9.58 Å². The van der Waals surface area contributed by atoms with E-state index >= 15 is 0 Å². The topological polar surface area (TPSA) is 62.6 Å². The molecule has 2 saturated heterocycles. The number of rotatable bonds is 5. The highest BCUT2D eigenvalue weighted by molar-refractivity contribution is 5.75. The second kappa shape index (κ2) is 7.53. The van der Waals surface area contributed by atoms with Crippen LogP contribution in [0.1, 0.15) is 26.7 Å². The molecule has 0 bridgehead atoms. The Morgan fingerprint density at radius 2 is 2.12 bits per heavy atom. The van der Waals surface area contributed by atoms with Crippen LogP contribution in [0.15, 0.2) is 18.5 Å². The average Bonchev–Trinajstić information content (AvgIpc) is 3.19. The van der Waals surface area contributed by atoms with Gasteiger partial charge in [0.2, 0.25) is 0 Å². The number of ether oxygens (including phenoxy) is 1. The molecule has 0 radical (unpaired) electrons. The standard InChI is InChI=1S/C17H29N5O2/c1-17(2,14-20-9-11-24-12-10-20)19-16(23)22-8-3-5-15(22)13-21-7-4-6-18-21/h4,6-7,15H,3,5,8-14H2,1-2H3,(H,19,23)/t15-/m0/s1. The first kappa shape index (κ1) is 17.2. The van der Waals surface area contributed by atoms with Crippen LogP contribution >= 0.6 is 0 Å². The van der Waals surface area contributed by atoms with Crippen LogP contribution in [0.2, 0.25) is 0 Å². The lowest BCUT2D eigenvalue weighted by Gasteiger charge is -2.37. The molecule has 1 N–H and O–H groups in total. The van der Waals surface area contributed by atoms with Gasteiger partial charge in [-0.2, -0.15) is 5.10 Å². The van der Waals surface area contributed by atoms with Gasteiger partial charge in [0.25, 0.3) is 0 Å². The van der Waals surface area contributed by atoms with E-state index in [9.17, 15) is 4.79 Å². The number of likely N-dealkylation sites (tertiary alicyclic amines) is 1. The summed E-state index contributed by atoms with van der Waals surface area (Å²) in [5.74, 6) is 0. The summed E-state index contributed by atoms with van der Waals surface area (Å²) in [7, 11) is 0. The number of urea groups is 1. The molecule has 0 saturated carbocycles. The summed E-state index contributed by atoms with van der Waals surface area (Å²) < 4.78 is 7.31. The van der Waals surface area contributed by atoms with E-state index < -0.39 is 0 Å². The smallest absolute Gasteiger partial charge is 0.318 e. The molecule has 0 aromatic carbocycles. The van der Waals surface area contributed by atoms with Crippen LogP contribution in [0.4, 0.5) is 4.79 Å². The molecule has 0 spiro atoms. The number of aromatic nitrogens is 2. The lowest BCUT2D eigenvalue weighted by molar-refractivity contribution is 0.0275. The van der Waals surface area contributed by atoms with Gasteiger partial charge >= 0.3 is 6.03 Å². The van der Waals surface area contributed by atoms with Crippen molar-refractivity contribution in [3.63, 3.8) is 0 Å². The van der Waals surface area contributed by atoms with Gasteiger partial charge in [-0.25, -0.2) is 4.79 Å². The van der Waals surface area contributed by atoms with Gasteiger partial charge in [-0.05, 0) is 32.8 Å². The Kier molecular flexibility index (Phi) is 5.40. The number of nitrogens with one attached hydrogen (secondary N) is 1. The number of hydrogen-bond donors (Lipinski definition) is 1. The minimum absolute atomic E-state index is 0.0444. The van der Waals surface area contributed by atoms with Gasteiger partial charge < -0.3 is 15.0 Å². The minimum Gasteiger partial charge on any atom is -0.379 e. The van der Waals surface area contributed by atoms with Gasteiger partial charge in [-0.1, -0.05) is 0 Å². The SMILES string of the molecule is CC(C)(CN1CCOCC1)NC(=O)N1CCC[C@H]1Cn1cccn1. The van der Waals surface area contributed by atoms with E-state index in [4.69, 9.17) is 4.74 Å². The summed E-state index contributed by atoms with van der Waals surface area (Å²) in [5.41, 5.74) is -0.257. The summed E-state index contributed by atoms with van der Waals surface area (Å²) in [6, 6.07) is 2.19. The summed E-state index contributed by atoms with van der Waals surface area (Å²) in [4.78, 5) is 17.1. The number of hydrogen-bond acceptors (Lipinski definition) is 4. The highest BCUT2D eigenvalue weighted by Gasteiger charge is 2.33. The predicted octanol–water partition coefficient (Wildman–Crippen LogP) is 1.17. The molecule has 3 rings (SSSR count). The Labute approximate surface area is 143 Å². The number of morpholine rings is 1. The normalized spacial score (nSPS) is 22.8. The van der Waals surface area contributed by atoms with E-state index in [2.05, 4.69) is 29.2 Å². The zero-order valence-electron chi connectivity index (χ0n) is 14.8. The van der Waals surface area contributed by atoms with Gasteiger partial charge in [-0.15, -0.1) is 0 Å². The molecule has 2 amide bonds. The van der Waals surface area contributed by atoms with Crippen LogP contribution in [-0.4, -0.2) is 76.6 Å². The molecular weight excluding hydrogens is 306 g/mol. The second-order valence-electron chi connectivity index (χ2n) is 7.42. The fourth-order valence-corrected chi connectivity index (χ4v) is 3.64. The Hall–Kier alpha value is -1.60. The van der Waals surface area contributed by atoms with Gasteiger partial charge in [0.1, 0.15) is 0 Å². The van der Waals surface area contributed by atoms with E-state index in [1.807, 2.05) is 21.8 Å². The summed E-state index contributed by atoms with van der Waals surface area (Å²) in [5, 5.41) is 7.50. The van der Waals surface area contributed by atoms with Crippen molar-refractivity contribution in [2.75, 3.05) is 39.4 Å². The zero-order valence-corrected chi connectivity index (χ0v) is 14.8. The summed E-state index contributed by atoms with van der Waals surface area (Å²) >= 11 is 0. The summed E-state index contributed by atoms with van der Waals surface area (Å²) in [6.07, 6.45) is 5.84. The van der Waals surface area contributed by atoms with Crippen molar-refractivity contribution in [1.82, 2.24) is 24.9 Å².